The van der Waals surface area contributed by atoms with E-state index in [2.05, 4.69) is 20.5 Å². The second-order valence-corrected chi connectivity index (χ2v) is 3.97. The van der Waals surface area contributed by atoms with Crippen LogP contribution in [0.25, 0.3) is 0 Å². The van der Waals surface area contributed by atoms with Crippen LogP contribution in [0, 0.1) is 6.92 Å². The molecule has 18 heavy (non-hydrogen) atoms. The molecule has 2 aromatic rings. The van der Waals surface area contributed by atoms with Crippen LogP contribution in [0.2, 0.25) is 0 Å². The molecule has 0 saturated carbocycles. The Bertz CT molecular complexity index is 627. The highest BCUT2D eigenvalue weighted by atomic mass is 16.2. The van der Waals surface area contributed by atoms with E-state index in [-0.39, 0.29) is 5.56 Å². The molecule has 0 fully saturated rings. The minimum Gasteiger partial charge on any atom is -0.326 e. The van der Waals surface area contributed by atoms with Gasteiger partial charge in [0.15, 0.2) is 5.82 Å². The van der Waals surface area contributed by atoms with Crippen LogP contribution in [0.15, 0.2) is 23.0 Å². The van der Waals surface area contributed by atoms with E-state index in [0.29, 0.717) is 11.5 Å². The van der Waals surface area contributed by atoms with Crippen LogP contribution in [0.4, 0.5) is 5.82 Å². The van der Waals surface area contributed by atoms with Gasteiger partial charge in [0.2, 0.25) is 0 Å². The van der Waals surface area contributed by atoms with E-state index in [0.717, 1.165) is 12.1 Å². The highest BCUT2D eigenvalue weighted by Gasteiger charge is 2.11. The second-order valence-electron chi connectivity index (χ2n) is 3.97. The Hall–Kier alpha value is -2.37. The monoisotopic (exact) mass is 246 g/mol. The standard InChI is InChI=1S/C12H14N4O2/c1-3-8-6-10(16-15-8)14-12(18)9-5-4-7(2)13-11(9)17/h4-6H,3H2,1-2H3,(H,13,17)(H2,14,15,16,18). The Kier molecular flexibility index (Phi) is 3.27. The second kappa shape index (κ2) is 4.87. The van der Waals surface area contributed by atoms with Gasteiger partial charge in [0.25, 0.3) is 11.5 Å². The summed E-state index contributed by atoms with van der Waals surface area (Å²) in [5.74, 6) is -0.0535. The van der Waals surface area contributed by atoms with E-state index in [1.165, 1.54) is 6.07 Å². The Morgan fingerprint density at radius 1 is 1.44 bits per heavy atom. The molecule has 94 valence electrons. The quantitative estimate of drug-likeness (QED) is 0.760. The van der Waals surface area contributed by atoms with E-state index in [4.69, 9.17) is 0 Å². The lowest BCUT2D eigenvalue weighted by atomic mass is 10.2. The number of aromatic nitrogens is 3. The van der Waals surface area contributed by atoms with Gasteiger partial charge in [-0.15, -0.1) is 0 Å². The van der Waals surface area contributed by atoms with Crippen LogP contribution < -0.4 is 10.9 Å². The highest BCUT2D eigenvalue weighted by molar-refractivity contribution is 6.03. The molecule has 6 nitrogen and oxygen atoms in total. The van der Waals surface area contributed by atoms with Crippen LogP contribution in [0.3, 0.4) is 0 Å². The zero-order valence-corrected chi connectivity index (χ0v) is 10.2. The predicted octanol–water partition coefficient (Wildman–Crippen LogP) is 1.22. The summed E-state index contributed by atoms with van der Waals surface area (Å²) in [7, 11) is 0. The SMILES string of the molecule is CCc1cc(NC(=O)c2ccc(C)[nH]c2=O)n[nH]1. The fourth-order valence-corrected chi connectivity index (χ4v) is 1.54. The maximum Gasteiger partial charge on any atom is 0.262 e. The molecule has 3 N–H and O–H groups in total. The van der Waals surface area contributed by atoms with Crippen molar-refractivity contribution in [2.24, 2.45) is 0 Å². The van der Waals surface area contributed by atoms with Crippen molar-refractivity contribution in [3.05, 3.63) is 45.5 Å². The number of amides is 1. The smallest absolute Gasteiger partial charge is 0.262 e. The van der Waals surface area contributed by atoms with Crippen LogP contribution in [0.1, 0.15) is 28.7 Å². The molecule has 0 aliphatic heterocycles. The van der Waals surface area contributed by atoms with Gasteiger partial charge in [-0.05, 0) is 25.5 Å². The van der Waals surface area contributed by atoms with Gasteiger partial charge >= 0.3 is 0 Å². The maximum absolute atomic E-state index is 11.9. The van der Waals surface area contributed by atoms with Crippen LogP contribution in [0.5, 0.6) is 0 Å². The number of H-pyrrole nitrogens is 2. The maximum atomic E-state index is 11.9. The molecule has 0 bridgehead atoms. The van der Waals surface area contributed by atoms with Gasteiger partial charge in [-0.2, -0.15) is 5.10 Å². The first-order valence-electron chi connectivity index (χ1n) is 5.65. The van der Waals surface area contributed by atoms with E-state index in [1.807, 2.05) is 6.92 Å². The van der Waals surface area contributed by atoms with Crippen LogP contribution in [-0.4, -0.2) is 21.1 Å². The van der Waals surface area contributed by atoms with Crippen molar-refractivity contribution in [3.63, 3.8) is 0 Å². The first-order valence-corrected chi connectivity index (χ1v) is 5.65. The van der Waals surface area contributed by atoms with Gasteiger partial charge in [-0.1, -0.05) is 6.92 Å². The first kappa shape index (κ1) is 12.1. The summed E-state index contributed by atoms with van der Waals surface area (Å²) in [4.78, 5) is 26.0. The molecule has 0 aliphatic carbocycles. The molecule has 0 spiro atoms. The van der Waals surface area contributed by atoms with Crippen molar-refractivity contribution < 1.29 is 4.79 Å². The van der Waals surface area contributed by atoms with E-state index in [9.17, 15) is 9.59 Å². The molecule has 0 saturated heterocycles. The molecule has 1 amide bonds. The molecule has 0 aliphatic rings. The Morgan fingerprint density at radius 2 is 2.22 bits per heavy atom. The molecule has 2 rings (SSSR count). The summed E-state index contributed by atoms with van der Waals surface area (Å²) in [6.45, 7) is 3.73. The molecule has 2 aromatic heterocycles. The minimum absolute atomic E-state index is 0.0710. The third-order valence-corrected chi connectivity index (χ3v) is 2.55. The third-order valence-electron chi connectivity index (χ3n) is 2.55. The van der Waals surface area contributed by atoms with Crippen LogP contribution >= 0.6 is 0 Å². The molecule has 6 heteroatoms. The minimum atomic E-state index is -0.467. The van der Waals surface area contributed by atoms with E-state index < -0.39 is 11.5 Å². The summed E-state index contributed by atoms with van der Waals surface area (Å²) in [5, 5.41) is 9.29. The number of aromatic amines is 2. The van der Waals surface area contributed by atoms with Crippen molar-refractivity contribution >= 4 is 11.7 Å². The van der Waals surface area contributed by atoms with Crippen molar-refractivity contribution in [1.82, 2.24) is 15.2 Å². The third kappa shape index (κ3) is 2.48. The summed E-state index contributed by atoms with van der Waals surface area (Å²) in [6, 6.07) is 4.91. The van der Waals surface area contributed by atoms with E-state index >= 15 is 0 Å². The van der Waals surface area contributed by atoms with Crippen molar-refractivity contribution in [3.8, 4) is 0 Å². The average Bonchev–Trinajstić information content (AvgIpc) is 2.76. The molecule has 0 radical (unpaired) electrons. The summed E-state index contributed by atoms with van der Waals surface area (Å²) in [6.07, 6.45) is 0.800. The normalized spacial score (nSPS) is 10.3. The molecule has 0 atom stereocenters. The van der Waals surface area contributed by atoms with Gasteiger partial charge in [-0.3, -0.25) is 14.7 Å². The van der Waals surface area contributed by atoms with E-state index in [1.54, 1.807) is 19.1 Å². The number of nitrogens with zero attached hydrogens (tertiary/aromatic N) is 1. The number of hydrogen-bond donors (Lipinski definition) is 3. The number of carbonyl (C=O) groups excluding carboxylic acids is 1. The summed E-state index contributed by atoms with van der Waals surface area (Å²) in [5.41, 5.74) is 1.30. The number of pyridine rings is 1. The Balaban J connectivity index is 2.19. The predicted molar refractivity (Wildman–Crippen MR) is 67.7 cm³/mol. The molecule has 0 unspecified atom stereocenters. The van der Waals surface area contributed by atoms with Crippen molar-refractivity contribution in [2.45, 2.75) is 20.3 Å². The Morgan fingerprint density at radius 3 is 2.83 bits per heavy atom. The lowest BCUT2D eigenvalue weighted by molar-refractivity contribution is 0.102. The van der Waals surface area contributed by atoms with Gasteiger partial charge < -0.3 is 10.3 Å². The number of nitrogens with one attached hydrogen (secondary N) is 3. The largest absolute Gasteiger partial charge is 0.326 e. The lowest BCUT2D eigenvalue weighted by Crippen LogP contribution is -2.23. The number of rotatable bonds is 3. The van der Waals surface area contributed by atoms with Crippen LogP contribution in [-0.2, 0) is 6.42 Å². The fourth-order valence-electron chi connectivity index (χ4n) is 1.54. The highest BCUT2D eigenvalue weighted by Crippen LogP contribution is 2.07. The molecular formula is C12H14N4O2. The van der Waals surface area contributed by atoms with Gasteiger partial charge in [0.05, 0.1) is 0 Å². The van der Waals surface area contributed by atoms with Crippen molar-refractivity contribution in [2.75, 3.05) is 5.32 Å². The van der Waals surface area contributed by atoms with Gasteiger partial charge in [0, 0.05) is 17.5 Å². The van der Waals surface area contributed by atoms with Gasteiger partial charge in [0.1, 0.15) is 5.56 Å². The molecule has 2 heterocycles. The lowest BCUT2D eigenvalue weighted by Gasteiger charge is -2.01. The zero-order valence-electron chi connectivity index (χ0n) is 10.2. The summed E-state index contributed by atoms with van der Waals surface area (Å²) >= 11 is 0. The number of hydrogen-bond acceptors (Lipinski definition) is 3. The van der Waals surface area contributed by atoms with Gasteiger partial charge in [-0.25, -0.2) is 0 Å². The fraction of sp³-hybridized carbons (Fsp3) is 0.250. The number of anilines is 1. The average molecular weight is 246 g/mol. The number of carbonyl (C=O) groups is 1. The number of aryl methyl sites for hydroxylation is 2. The summed E-state index contributed by atoms with van der Waals surface area (Å²) < 4.78 is 0. The molecular weight excluding hydrogens is 232 g/mol. The topological polar surface area (TPSA) is 90.6 Å². The first-order chi connectivity index (χ1) is 8.60. The van der Waals surface area contributed by atoms with Crippen molar-refractivity contribution in [1.29, 1.82) is 0 Å². The molecule has 0 aromatic carbocycles. The Labute approximate surface area is 103 Å². The zero-order chi connectivity index (χ0) is 13.1.